The van der Waals surface area contributed by atoms with E-state index >= 15 is 0 Å². The molecule has 1 aromatic rings. The Morgan fingerprint density at radius 2 is 2.20 bits per heavy atom. The molecule has 82 valence electrons. The highest BCUT2D eigenvalue weighted by Gasteiger charge is 1.98. The van der Waals surface area contributed by atoms with Crippen molar-refractivity contribution >= 4 is 6.09 Å². The van der Waals surface area contributed by atoms with Crippen LogP contribution in [0.4, 0.5) is 4.79 Å². The number of rotatable bonds is 3. The highest BCUT2D eigenvalue weighted by atomic mass is 16.5. The Bertz CT molecular complexity index is 421. The minimum Gasteiger partial charge on any atom is -0.452 e. The molecule has 1 amide bonds. The molecule has 1 heterocycles. The summed E-state index contributed by atoms with van der Waals surface area (Å²) in [6.45, 7) is 0.105. The summed E-state index contributed by atoms with van der Waals surface area (Å²) in [6, 6.07) is 1.20. The number of hydrazine groups is 1. The van der Waals surface area contributed by atoms with Crippen molar-refractivity contribution < 1.29 is 9.53 Å². The summed E-state index contributed by atoms with van der Waals surface area (Å²) >= 11 is 0. The fourth-order valence-electron chi connectivity index (χ4n) is 0.877. The minimum absolute atomic E-state index is 0.105. The SMILES string of the molecule is COC(=O)NNCc1cc(=O)[nH]c(=O)[nH]1. The average molecular weight is 214 g/mol. The molecule has 8 heteroatoms. The highest BCUT2D eigenvalue weighted by Crippen LogP contribution is 1.81. The molecule has 4 N–H and O–H groups in total. The van der Waals surface area contributed by atoms with Crippen LogP contribution in [-0.4, -0.2) is 23.2 Å². The Labute approximate surface area is 83.6 Å². The standard InChI is InChI=1S/C7H10N4O4/c1-15-7(14)11-8-3-4-2-5(12)10-6(13)9-4/h2,8H,3H2,1H3,(H,11,14)(H2,9,10,12,13). The van der Waals surface area contributed by atoms with Crippen LogP contribution in [0.2, 0.25) is 0 Å². The average Bonchev–Trinajstić information content (AvgIpc) is 2.16. The van der Waals surface area contributed by atoms with E-state index in [1.165, 1.54) is 13.2 Å². The number of ether oxygens (including phenoxy) is 1. The second-order valence-corrected chi connectivity index (χ2v) is 2.58. The molecule has 0 fully saturated rings. The number of hydrogen-bond donors (Lipinski definition) is 4. The van der Waals surface area contributed by atoms with E-state index in [-0.39, 0.29) is 6.54 Å². The number of carbonyl (C=O) groups excluding carboxylic acids is 1. The van der Waals surface area contributed by atoms with Crippen LogP contribution in [0.3, 0.4) is 0 Å². The van der Waals surface area contributed by atoms with Crippen molar-refractivity contribution in [1.29, 1.82) is 0 Å². The molecule has 0 saturated carbocycles. The van der Waals surface area contributed by atoms with Gasteiger partial charge in [-0.2, -0.15) is 0 Å². The number of aromatic nitrogens is 2. The third kappa shape index (κ3) is 3.65. The third-order valence-corrected chi connectivity index (χ3v) is 1.47. The van der Waals surface area contributed by atoms with Crippen LogP contribution in [0.25, 0.3) is 0 Å². The quantitative estimate of drug-likeness (QED) is 0.453. The zero-order valence-electron chi connectivity index (χ0n) is 7.92. The Morgan fingerprint density at radius 3 is 2.80 bits per heavy atom. The number of aromatic amines is 2. The molecule has 1 aromatic heterocycles. The monoisotopic (exact) mass is 214 g/mol. The van der Waals surface area contributed by atoms with E-state index in [9.17, 15) is 14.4 Å². The molecule has 0 atom stereocenters. The molecule has 0 aliphatic rings. The van der Waals surface area contributed by atoms with Gasteiger partial charge in [0.2, 0.25) is 0 Å². The summed E-state index contributed by atoms with van der Waals surface area (Å²) in [5.41, 5.74) is 3.88. The lowest BCUT2D eigenvalue weighted by molar-refractivity contribution is 0.165. The van der Waals surface area contributed by atoms with Crippen molar-refractivity contribution in [2.75, 3.05) is 7.11 Å². The second kappa shape index (κ2) is 4.96. The molecule has 0 aliphatic heterocycles. The number of methoxy groups -OCH3 is 1. The van der Waals surface area contributed by atoms with Crippen LogP contribution in [0.15, 0.2) is 15.7 Å². The molecule has 15 heavy (non-hydrogen) atoms. The first-order chi connectivity index (χ1) is 7.11. The van der Waals surface area contributed by atoms with E-state index in [2.05, 4.69) is 20.6 Å². The number of H-pyrrole nitrogens is 2. The van der Waals surface area contributed by atoms with Crippen molar-refractivity contribution in [1.82, 2.24) is 20.8 Å². The van der Waals surface area contributed by atoms with Crippen LogP contribution in [0.5, 0.6) is 0 Å². The molecule has 0 spiro atoms. The largest absolute Gasteiger partial charge is 0.452 e. The van der Waals surface area contributed by atoms with Gasteiger partial charge in [0.25, 0.3) is 5.56 Å². The summed E-state index contributed by atoms with van der Waals surface area (Å²) < 4.78 is 4.28. The van der Waals surface area contributed by atoms with Gasteiger partial charge in [-0.25, -0.2) is 15.0 Å². The summed E-state index contributed by atoms with van der Waals surface area (Å²) in [5, 5.41) is 0. The van der Waals surface area contributed by atoms with Gasteiger partial charge >= 0.3 is 11.8 Å². The van der Waals surface area contributed by atoms with Gasteiger partial charge in [0.1, 0.15) is 0 Å². The molecule has 0 bridgehead atoms. The lowest BCUT2D eigenvalue weighted by Crippen LogP contribution is -2.37. The Kier molecular flexibility index (Phi) is 3.63. The lowest BCUT2D eigenvalue weighted by Gasteiger charge is -2.04. The van der Waals surface area contributed by atoms with E-state index in [4.69, 9.17) is 0 Å². The Hall–Kier alpha value is -2.09. The van der Waals surface area contributed by atoms with E-state index in [1.807, 2.05) is 4.98 Å². The first-order valence-corrected chi connectivity index (χ1v) is 4.01. The third-order valence-electron chi connectivity index (χ3n) is 1.47. The van der Waals surface area contributed by atoms with Crippen molar-refractivity contribution in [3.63, 3.8) is 0 Å². The Morgan fingerprint density at radius 1 is 1.47 bits per heavy atom. The second-order valence-electron chi connectivity index (χ2n) is 2.58. The molecule has 1 rings (SSSR count). The van der Waals surface area contributed by atoms with E-state index in [1.54, 1.807) is 0 Å². The van der Waals surface area contributed by atoms with Crippen LogP contribution < -0.4 is 22.1 Å². The maximum absolute atomic E-state index is 10.8. The summed E-state index contributed by atoms with van der Waals surface area (Å²) in [4.78, 5) is 36.7. The molecule has 8 nitrogen and oxygen atoms in total. The maximum atomic E-state index is 10.8. The predicted octanol–water partition coefficient (Wildman–Crippen LogP) is -1.58. The minimum atomic E-state index is -0.665. The van der Waals surface area contributed by atoms with E-state index < -0.39 is 17.3 Å². The molecular formula is C7H10N4O4. The summed E-state index contributed by atoms with van der Waals surface area (Å²) in [7, 11) is 1.21. The zero-order chi connectivity index (χ0) is 11.3. The number of nitrogens with one attached hydrogen (secondary N) is 4. The molecule has 0 aromatic carbocycles. The van der Waals surface area contributed by atoms with Gasteiger partial charge in [0, 0.05) is 11.8 Å². The number of carbonyl (C=O) groups is 1. The van der Waals surface area contributed by atoms with Crippen molar-refractivity contribution in [2.45, 2.75) is 6.54 Å². The molecule has 0 aliphatic carbocycles. The van der Waals surface area contributed by atoms with Gasteiger partial charge in [0.05, 0.1) is 13.7 Å². The van der Waals surface area contributed by atoms with Gasteiger partial charge in [-0.05, 0) is 0 Å². The molecule has 0 unspecified atom stereocenters. The van der Waals surface area contributed by atoms with Gasteiger partial charge in [-0.3, -0.25) is 15.2 Å². The fourth-order valence-corrected chi connectivity index (χ4v) is 0.877. The van der Waals surface area contributed by atoms with E-state index in [0.29, 0.717) is 5.69 Å². The van der Waals surface area contributed by atoms with Crippen LogP contribution in [0.1, 0.15) is 5.69 Å². The van der Waals surface area contributed by atoms with Crippen LogP contribution >= 0.6 is 0 Å². The highest BCUT2D eigenvalue weighted by molar-refractivity contribution is 5.66. The normalized spacial score (nSPS) is 9.67. The van der Waals surface area contributed by atoms with Crippen molar-refractivity contribution in [2.24, 2.45) is 0 Å². The smallest absolute Gasteiger partial charge is 0.421 e. The first-order valence-electron chi connectivity index (χ1n) is 4.01. The topological polar surface area (TPSA) is 116 Å². The van der Waals surface area contributed by atoms with Crippen LogP contribution in [0, 0.1) is 0 Å². The number of hydrogen-bond acceptors (Lipinski definition) is 5. The fraction of sp³-hybridized carbons (Fsp3) is 0.286. The molecular weight excluding hydrogens is 204 g/mol. The zero-order valence-corrected chi connectivity index (χ0v) is 7.92. The number of amides is 1. The first kappa shape index (κ1) is 11.0. The van der Waals surface area contributed by atoms with Crippen molar-refractivity contribution in [3.05, 3.63) is 32.6 Å². The Balaban J connectivity index is 2.55. The van der Waals surface area contributed by atoms with Crippen LogP contribution in [-0.2, 0) is 11.3 Å². The van der Waals surface area contributed by atoms with Gasteiger partial charge in [0.15, 0.2) is 0 Å². The van der Waals surface area contributed by atoms with E-state index in [0.717, 1.165) is 0 Å². The maximum Gasteiger partial charge on any atom is 0.421 e. The molecule has 0 saturated heterocycles. The summed E-state index contributed by atoms with van der Waals surface area (Å²) in [5.74, 6) is 0. The van der Waals surface area contributed by atoms with Gasteiger partial charge < -0.3 is 9.72 Å². The predicted molar refractivity (Wildman–Crippen MR) is 50.1 cm³/mol. The summed E-state index contributed by atoms with van der Waals surface area (Å²) in [6.07, 6.45) is -0.665. The lowest BCUT2D eigenvalue weighted by atomic mass is 10.4. The van der Waals surface area contributed by atoms with Gasteiger partial charge in [-0.15, -0.1) is 0 Å². The van der Waals surface area contributed by atoms with Crippen molar-refractivity contribution in [3.8, 4) is 0 Å². The molecule has 0 radical (unpaired) electrons. The van der Waals surface area contributed by atoms with Gasteiger partial charge in [-0.1, -0.05) is 0 Å².